The van der Waals surface area contributed by atoms with Crippen molar-refractivity contribution >= 4 is 39.4 Å². The monoisotopic (exact) mass is 356 g/mol. The van der Waals surface area contributed by atoms with Gasteiger partial charge in [-0.15, -0.1) is 0 Å². The first-order valence-electron chi connectivity index (χ1n) is 8.27. The molecule has 1 aromatic carbocycles. The molecule has 124 valence electrons. The van der Waals surface area contributed by atoms with E-state index in [0.717, 1.165) is 27.1 Å². The number of Topliss-reactive ketones (excluding diaryl/α,β-unsaturated/α-hetero) is 1. The van der Waals surface area contributed by atoms with Gasteiger partial charge in [0.15, 0.2) is 5.78 Å². The van der Waals surface area contributed by atoms with E-state index in [4.69, 9.17) is 0 Å². The number of hydrogen-bond donors (Lipinski definition) is 0. The lowest BCUT2D eigenvalue weighted by Crippen LogP contribution is -2.07. The van der Waals surface area contributed by atoms with Gasteiger partial charge >= 0.3 is 0 Å². The summed E-state index contributed by atoms with van der Waals surface area (Å²) in [5, 5.41) is 0. The Hall–Kier alpha value is -1.46. The highest BCUT2D eigenvalue weighted by molar-refractivity contribution is 8.38. The van der Waals surface area contributed by atoms with Crippen molar-refractivity contribution in [2.75, 3.05) is 5.75 Å². The minimum absolute atomic E-state index is 0.210. The molecule has 0 unspecified atom stereocenters. The third kappa shape index (κ3) is 3.07. The Kier molecular flexibility index (Phi) is 4.31. The molecule has 3 nitrogen and oxygen atoms in total. The summed E-state index contributed by atoms with van der Waals surface area (Å²) in [4.78, 5) is 17.3. The van der Waals surface area contributed by atoms with Gasteiger partial charge in [-0.25, -0.2) is 4.99 Å². The first-order valence-corrected chi connectivity index (χ1v) is 10.2. The van der Waals surface area contributed by atoms with Crippen LogP contribution in [0.4, 0.5) is 5.69 Å². The second kappa shape index (κ2) is 6.45. The second-order valence-electron chi connectivity index (χ2n) is 6.39. The molecule has 1 aliphatic carbocycles. The lowest BCUT2D eigenvalue weighted by Gasteiger charge is -2.14. The van der Waals surface area contributed by atoms with Gasteiger partial charge in [-0.2, -0.15) is 0 Å². The maximum Gasteiger partial charge on any atom is 0.174 e. The molecule has 5 heteroatoms. The number of thioether (sulfide) groups is 2. The summed E-state index contributed by atoms with van der Waals surface area (Å²) in [6.07, 6.45) is 2.48. The Balaban J connectivity index is 1.46. The molecule has 0 amide bonds. The van der Waals surface area contributed by atoms with Crippen LogP contribution in [-0.4, -0.2) is 20.5 Å². The molecular weight excluding hydrogens is 336 g/mol. The van der Waals surface area contributed by atoms with Gasteiger partial charge < -0.3 is 4.57 Å². The molecule has 0 atom stereocenters. The molecular formula is C19H20N2OS2. The van der Waals surface area contributed by atoms with E-state index >= 15 is 0 Å². The first kappa shape index (κ1) is 16.0. The largest absolute Gasteiger partial charge is 0.345 e. The summed E-state index contributed by atoms with van der Waals surface area (Å²) in [5.41, 5.74) is 5.53. The van der Waals surface area contributed by atoms with E-state index in [1.165, 1.54) is 24.1 Å². The summed E-state index contributed by atoms with van der Waals surface area (Å²) in [7, 11) is 0. The van der Waals surface area contributed by atoms with E-state index in [2.05, 4.69) is 35.5 Å². The molecule has 1 fully saturated rings. The minimum Gasteiger partial charge on any atom is -0.345 e. The number of benzene rings is 1. The molecule has 2 aromatic rings. The lowest BCUT2D eigenvalue weighted by molar-refractivity contribution is 0.102. The summed E-state index contributed by atoms with van der Waals surface area (Å²) in [6, 6.07) is 10.9. The molecule has 0 bridgehead atoms. The van der Waals surface area contributed by atoms with E-state index in [-0.39, 0.29) is 5.78 Å². The van der Waals surface area contributed by atoms with Crippen LogP contribution < -0.4 is 0 Å². The average molecular weight is 357 g/mol. The van der Waals surface area contributed by atoms with Crippen LogP contribution in [-0.2, 0) is 5.75 Å². The molecule has 2 heterocycles. The van der Waals surface area contributed by atoms with Crippen molar-refractivity contribution in [1.29, 1.82) is 0 Å². The van der Waals surface area contributed by atoms with Crippen LogP contribution in [0.5, 0.6) is 0 Å². The van der Waals surface area contributed by atoms with Crippen LogP contribution in [0.3, 0.4) is 0 Å². The van der Waals surface area contributed by atoms with Gasteiger partial charge in [0.25, 0.3) is 0 Å². The van der Waals surface area contributed by atoms with E-state index in [1.807, 2.05) is 18.2 Å². The minimum atomic E-state index is 0.210. The fraction of sp³-hybridized carbons (Fsp3) is 0.368. The van der Waals surface area contributed by atoms with Gasteiger partial charge in [-0.05, 0) is 44.4 Å². The Labute approximate surface area is 150 Å². The van der Waals surface area contributed by atoms with Crippen LogP contribution in [0, 0.1) is 13.8 Å². The Morgan fingerprint density at radius 3 is 2.92 bits per heavy atom. The van der Waals surface area contributed by atoms with Crippen molar-refractivity contribution in [1.82, 2.24) is 4.57 Å². The fourth-order valence-electron chi connectivity index (χ4n) is 3.25. The van der Waals surface area contributed by atoms with Crippen molar-refractivity contribution < 1.29 is 4.79 Å². The number of para-hydroxylation sites is 1. The normalized spacial score (nSPS) is 16.7. The van der Waals surface area contributed by atoms with E-state index in [9.17, 15) is 4.79 Å². The molecule has 1 aliphatic heterocycles. The lowest BCUT2D eigenvalue weighted by atomic mass is 10.2. The third-order valence-electron chi connectivity index (χ3n) is 4.58. The predicted molar refractivity (Wildman–Crippen MR) is 104 cm³/mol. The van der Waals surface area contributed by atoms with E-state index < -0.39 is 0 Å². The van der Waals surface area contributed by atoms with E-state index in [1.54, 1.807) is 23.5 Å². The maximum absolute atomic E-state index is 12.7. The van der Waals surface area contributed by atoms with Crippen molar-refractivity contribution in [3.63, 3.8) is 0 Å². The topological polar surface area (TPSA) is 34.4 Å². The molecule has 24 heavy (non-hydrogen) atoms. The van der Waals surface area contributed by atoms with Gasteiger partial charge in [0.1, 0.15) is 4.38 Å². The third-order valence-corrected chi connectivity index (χ3v) is 6.82. The molecule has 0 saturated heterocycles. The molecule has 2 aliphatic rings. The molecule has 0 N–H and O–H groups in total. The smallest absolute Gasteiger partial charge is 0.174 e. The van der Waals surface area contributed by atoms with Gasteiger partial charge in [0, 0.05) is 28.7 Å². The number of aryl methyl sites for hydroxylation is 1. The van der Waals surface area contributed by atoms with Gasteiger partial charge in [0.2, 0.25) is 0 Å². The Morgan fingerprint density at radius 1 is 1.33 bits per heavy atom. The predicted octanol–water partition coefficient (Wildman–Crippen LogP) is 5.29. The zero-order chi connectivity index (χ0) is 16.7. The number of ketones is 1. The highest BCUT2D eigenvalue weighted by Crippen LogP contribution is 2.39. The van der Waals surface area contributed by atoms with Crippen LogP contribution in [0.15, 0.2) is 35.3 Å². The quantitative estimate of drug-likeness (QED) is 0.698. The number of rotatable bonds is 4. The van der Waals surface area contributed by atoms with Gasteiger partial charge in [-0.1, -0.05) is 41.7 Å². The summed E-state index contributed by atoms with van der Waals surface area (Å²) in [5.74, 6) is 1.61. The molecule has 4 rings (SSSR count). The number of aliphatic imine (C=N–C) groups is 1. The highest BCUT2D eigenvalue weighted by Gasteiger charge is 2.28. The number of nitrogens with zero attached hydrogens (tertiary/aromatic N) is 2. The number of carbonyl (C=O) groups is 1. The average Bonchev–Trinajstić information content (AvgIpc) is 3.37. The summed E-state index contributed by atoms with van der Waals surface area (Å²) in [6.45, 7) is 4.18. The first-order chi connectivity index (χ1) is 11.6. The van der Waals surface area contributed by atoms with Crippen LogP contribution >= 0.6 is 23.5 Å². The molecule has 1 saturated carbocycles. The van der Waals surface area contributed by atoms with Crippen LogP contribution in [0.2, 0.25) is 0 Å². The maximum atomic E-state index is 12.7. The summed E-state index contributed by atoms with van der Waals surface area (Å²) < 4.78 is 3.33. The molecule has 1 aromatic heterocycles. The Bertz CT molecular complexity index is 834. The van der Waals surface area contributed by atoms with Crippen molar-refractivity contribution in [3.05, 3.63) is 52.8 Å². The second-order valence-corrected chi connectivity index (χ2v) is 8.58. The summed E-state index contributed by atoms with van der Waals surface area (Å²) >= 11 is 3.29. The zero-order valence-corrected chi connectivity index (χ0v) is 15.5. The molecule has 0 spiro atoms. The van der Waals surface area contributed by atoms with Gasteiger partial charge in [0.05, 0.1) is 11.4 Å². The van der Waals surface area contributed by atoms with Crippen molar-refractivity contribution in [2.24, 2.45) is 4.99 Å². The van der Waals surface area contributed by atoms with Gasteiger partial charge in [-0.3, -0.25) is 4.79 Å². The molecule has 0 radical (unpaired) electrons. The van der Waals surface area contributed by atoms with E-state index in [0.29, 0.717) is 11.8 Å². The number of fused-ring (bicyclic) bond motifs is 1. The Morgan fingerprint density at radius 2 is 2.12 bits per heavy atom. The fourth-order valence-corrected chi connectivity index (χ4v) is 5.19. The standard InChI is InChI=1S/C19H20N2OS2/c1-12-9-16(13(2)21(12)15-7-8-15)18(22)11-24-19-20-17-6-4-3-5-14(17)10-23-19/h3-6,9,15H,7-8,10-11H2,1-2H3. The van der Waals surface area contributed by atoms with Crippen molar-refractivity contribution in [3.8, 4) is 0 Å². The SMILES string of the molecule is Cc1cc(C(=O)CSC2=Nc3ccccc3CS2)c(C)n1C1CC1. The number of aromatic nitrogens is 1. The van der Waals surface area contributed by atoms with Crippen LogP contribution in [0.1, 0.15) is 46.2 Å². The highest BCUT2D eigenvalue weighted by atomic mass is 32.2. The number of carbonyl (C=O) groups excluding carboxylic acids is 1. The number of hydrogen-bond acceptors (Lipinski definition) is 4. The zero-order valence-electron chi connectivity index (χ0n) is 13.9. The van der Waals surface area contributed by atoms with Crippen molar-refractivity contribution in [2.45, 2.75) is 38.5 Å². The van der Waals surface area contributed by atoms with Crippen LogP contribution in [0.25, 0.3) is 0 Å².